The maximum atomic E-state index is 13.7. The number of carbonyl (C=O) groups is 1. The molecule has 182 valence electrons. The van der Waals surface area contributed by atoms with Gasteiger partial charge in [-0.05, 0) is 50.6 Å². The predicted molar refractivity (Wildman–Crippen MR) is 138 cm³/mol. The van der Waals surface area contributed by atoms with E-state index in [9.17, 15) is 14.7 Å². The molecule has 1 aliphatic rings. The molecule has 1 N–H and O–H groups in total. The standard InChI is InChI=1S/C26H25BrN2O5S/c1-4-12-34-20-9-7-6-8-18(20)23-22(25(32)33-5-2)15(3)28-26-29(23)24(31)21(35-26)14-16-13-17(27)10-11-19(16)30/h6-11,13-14,23,30H,4-5,12H2,1-3H3/b21-14+/t23-/m1/s1. The first-order valence-electron chi connectivity index (χ1n) is 11.3. The fourth-order valence-corrected chi connectivity index (χ4v) is 5.33. The van der Waals surface area contributed by atoms with Gasteiger partial charge in [0.05, 0.1) is 29.0 Å². The van der Waals surface area contributed by atoms with Crippen molar-refractivity contribution in [3.05, 3.63) is 89.0 Å². The van der Waals surface area contributed by atoms with Crippen LogP contribution in [0.25, 0.3) is 6.08 Å². The fourth-order valence-electron chi connectivity index (χ4n) is 3.92. The number of carbonyl (C=O) groups excluding carboxylic acids is 1. The molecule has 0 saturated carbocycles. The lowest BCUT2D eigenvalue weighted by molar-refractivity contribution is -0.139. The van der Waals surface area contributed by atoms with Crippen molar-refractivity contribution in [1.29, 1.82) is 0 Å². The number of hydrogen-bond acceptors (Lipinski definition) is 7. The maximum absolute atomic E-state index is 13.7. The van der Waals surface area contributed by atoms with E-state index in [1.54, 1.807) is 38.1 Å². The highest BCUT2D eigenvalue weighted by molar-refractivity contribution is 9.10. The van der Waals surface area contributed by atoms with Crippen LogP contribution in [0.1, 0.15) is 44.4 Å². The average Bonchev–Trinajstić information content (AvgIpc) is 3.14. The van der Waals surface area contributed by atoms with E-state index >= 15 is 0 Å². The number of benzene rings is 2. The van der Waals surface area contributed by atoms with Crippen molar-refractivity contribution >= 4 is 39.3 Å². The summed E-state index contributed by atoms with van der Waals surface area (Å²) < 4.78 is 14.0. The lowest BCUT2D eigenvalue weighted by atomic mass is 9.95. The van der Waals surface area contributed by atoms with Gasteiger partial charge < -0.3 is 14.6 Å². The maximum Gasteiger partial charge on any atom is 0.338 e. The van der Waals surface area contributed by atoms with E-state index in [0.717, 1.165) is 10.9 Å². The number of nitrogens with zero attached hydrogens (tertiary/aromatic N) is 2. The highest BCUT2D eigenvalue weighted by Crippen LogP contribution is 2.36. The van der Waals surface area contributed by atoms with Crippen LogP contribution in [0, 0.1) is 0 Å². The van der Waals surface area contributed by atoms with E-state index in [2.05, 4.69) is 20.9 Å². The number of ether oxygens (including phenoxy) is 2. The molecule has 7 nitrogen and oxygen atoms in total. The second-order valence-corrected chi connectivity index (χ2v) is 9.82. The second-order valence-electron chi connectivity index (χ2n) is 7.89. The highest BCUT2D eigenvalue weighted by atomic mass is 79.9. The molecule has 4 rings (SSSR count). The molecule has 0 fully saturated rings. The van der Waals surface area contributed by atoms with E-state index in [0.29, 0.717) is 44.1 Å². The number of phenols is 1. The molecule has 3 aromatic rings. The monoisotopic (exact) mass is 556 g/mol. The fraction of sp³-hybridized carbons (Fsp3) is 0.269. The molecule has 0 aliphatic carbocycles. The van der Waals surface area contributed by atoms with Gasteiger partial charge in [0.1, 0.15) is 17.5 Å². The van der Waals surface area contributed by atoms with Crippen LogP contribution in [-0.4, -0.2) is 28.9 Å². The molecule has 1 aromatic heterocycles. The van der Waals surface area contributed by atoms with Crippen molar-refractivity contribution in [2.75, 3.05) is 13.2 Å². The minimum Gasteiger partial charge on any atom is -0.507 e. The molecule has 0 spiro atoms. The Labute approximate surface area is 214 Å². The smallest absolute Gasteiger partial charge is 0.338 e. The van der Waals surface area contributed by atoms with Gasteiger partial charge in [-0.2, -0.15) is 0 Å². The number of phenolic OH excluding ortho intramolecular Hbond substituents is 1. The van der Waals surface area contributed by atoms with Crippen LogP contribution in [0.5, 0.6) is 11.5 Å². The number of hydrogen-bond donors (Lipinski definition) is 1. The Morgan fingerprint density at radius 2 is 2.03 bits per heavy atom. The minimum absolute atomic E-state index is 0.0530. The molecule has 0 unspecified atom stereocenters. The molecule has 0 radical (unpaired) electrons. The number of allylic oxidation sites excluding steroid dienone is 1. The summed E-state index contributed by atoms with van der Waals surface area (Å²) in [7, 11) is 0. The third-order valence-corrected chi connectivity index (χ3v) is 6.94. The Hall–Kier alpha value is -3.17. The lowest BCUT2D eigenvalue weighted by Crippen LogP contribution is -2.40. The van der Waals surface area contributed by atoms with Gasteiger partial charge >= 0.3 is 5.97 Å². The van der Waals surface area contributed by atoms with Crippen LogP contribution < -0.4 is 19.6 Å². The van der Waals surface area contributed by atoms with Crippen molar-refractivity contribution in [1.82, 2.24) is 4.57 Å². The largest absolute Gasteiger partial charge is 0.507 e. The Bertz CT molecular complexity index is 1490. The molecular formula is C26H25BrN2O5S. The summed E-state index contributed by atoms with van der Waals surface area (Å²) in [6.45, 7) is 6.19. The van der Waals surface area contributed by atoms with E-state index < -0.39 is 12.0 Å². The van der Waals surface area contributed by atoms with Crippen molar-refractivity contribution in [3.8, 4) is 11.5 Å². The SMILES string of the molecule is CCCOc1ccccc1[C@@H]1C(C(=O)OCC)=C(C)N=c2s/c(=C/c3cc(Br)ccc3O)c(=O)n21. The van der Waals surface area contributed by atoms with Gasteiger partial charge in [-0.15, -0.1) is 0 Å². The summed E-state index contributed by atoms with van der Waals surface area (Å²) in [4.78, 5) is 31.9. The van der Waals surface area contributed by atoms with Gasteiger partial charge in [-0.25, -0.2) is 9.79 Å². The lowest BCUT2D eigenvalue weighted by Gasteiger charge is -2.26. The summed E-state index contributed by atoms with van der Waals surface area (Å²) in [5.74, 6) is 0.121. The van der Waals surface area contributed by atoms with E-state index in [1.807, 2.05) is 31.2 Å². The Morgan fingerprint density at radius 1 is 1.26 bits per heavy atom. The van der Waals surface area contributed by atoms with Crippen LogP contribution in [0.2, 0.25) is 0 Å². The summed E-state index contributed by atoms with van der Waals surface area (Å²) in [6, 6.07) is 11.6. The second kappa shape index (κ2) is 10.6. The molecular weight excluding hydrogens is 532 g/mol. The number of thiazole rings is 1. The van der Waals surface area contributed by atoms with Crippen molar-refractivity contribution in [3.63, 3.8) is 0 Å². The molecule has 0 saturated heterocycles. The van der Waals surface area contributed by atoms with Crippen LogP contribution in [0.3, 0.4) is 0 Å². The Kier molecular flexibility index (Phi) is 7.57. The predicted octanol–water partition coefficient (Wildman–Crippen LogP) is 4.06. The van der Waals surface area contributed by atoms with Crippen molar-refractivity contribution in [2.24, 2.45) is 4.99 Å². The van der Waals surface area contributed by atoms with Gasteiger partial charge in [0.25, 0.3) is 5.56 Å². The number of esters is 1. The van der Waals surface area contributed by atoms with Crippen LogP contribution in [0.15, 0.2) is 68.0 Å². The van der Waals surface area contributed by atoms with Crippen molar-refractivity contribution < 1.29 is 19.4 Å². The van der Waals surface area contributed by atoms with Crippen LogP contribution >= 0.6 is 27.3 Å². The molecule has 2 heterocycles. The van der Waals surface area contributed by atoms with Gasteiger partial charge in [0.15, 0.2) is 4.80 Å². The number of aromatic hydroxyl groups is 1. The Balaban J connectivity index is 1.98. The van der Waals surface area contributed by atoms with E-state index in [-0.39, 0.29) is 17.9 Å². The third kappa shape index (κ3) is 4.97. The quantitative estimate of drug-likeness (QED) is 0.443. The number of aromatic nitrogens is 1. The molecule has 0 amide bonds. The van der Waals surface area contributed by atoms with Gasteiger partial charge in [0, 0.05) is 15.6 Å². The molecule has 9 heteroatoms. The van der Waals surface area contributed by atoms with Crippen molar-refractivity contribution in [2.45, 2.75) is 33.2 Å². The summed E-state index contributed by atoms with van der Waals surface area (Å²) in [5, 5.41) is 10.3. The number of para-hydroxylation sites is 1. The number of rotatable bonds is 7. The summed E-state index contributed by atoms with van der Waals surface area (Å²) >= 11 is 4.60. The first-order valence-corrected chi connectivity index (χ1v) is 12.9. The van der Waals surface area contributed by atoms with E-state index in [1.165, 1.54) is 15.9 Å². The first kappa shape index (κ1) is 24.9. The van der Waals surface area contributed by atoms with Crippen LogP contribution in [-0.2, 0) is 9.53 Å². The van der Waals surface area contributed by atoms with Gasteiger partial charge in [-0.3, -0.25) is 9.36 Å². The summed E-state index contributed by atoms with van der Waals surface area (Å²) in [6.07, 6.45) is 2.44. The van der Waals surface area contributed by atoms with Crippen LogP contribution in [0.4, 0.5) is 0 Å². The molecule has 35 heavy (non-hydrogen) atoms. The minimum atomic E-state index is -0.767. The average molecular weight is 557 g/mol. The Morgan fingerprint density at radius 3 is 2.77 bits per heavy atom. The summed E-state index contributed by atoms with van der Waals surface area (Å²) in [5.41, 5.74) is 1.63. The number of halogens is 1. The van der Waals surface area contributed by atoms with Gasteiger partial charge in [-0.1, -0.05) is 52.4 Å². The molecule has 0 bridgehead atoms. The highest BCUT2D eigenvalue weighted by Gasteiger charge is 2.35. The first-order chi connectivity index (χ1) is 16.8. The molecule has 1 atom stereocenters. The zero-order valence-corrected chi connectivity index (χ0v) is 22.0. The molecule has 2 aromatic carbocycles. The topological polar surface area (TPSA) is 90.1 Å². The van der Waals surface area contributed by atoms with E-state index in [4.69, 9.17) is 9.47 Å². The van der Waals surface area contributed by atoms with Gasteiger partial charge in [0.2, 0.25) is 0 Å². The molecule has 1 aliphatic heterocycles. The normalized spacial score (nSPS) is 15.5. The third-order valence-electron chi connectivity index (χ3n) is 5.47. The zero-order chi connectivity index (χ0) is 25.1. The number of fused-ring (bicyclic) bond motifs is 1. The zero-order valence-electron chi connectivity index (χ0n) is 19.6.